The van der Waals surface area contributed by atoms with Crippen LogP contribution in [-0.4, -0.2) is 23.6 Å². The lowest BCUT2D eigenvalue weighted by Gasteiger charge is -2.22. The summed E-state index contributed by atoms with van der Waals surface area (Å²) in [6.07, 6.45) is 0. The Morgan fingerprint density at radius 3 is 2.56 bits per heavy atom. The molecule has 0 fully saturated rings. The first kappa shape index (κ1) is 13.7. The third-order valence-corrected chi connectivity index (χ3v) is 3.85. The molecule has 0 bridgehead atoms. The van der Waals surface area contributed by atoms with Crippen molar-refractivity contribution < 1.29 is 9.84 Å². The maximum atomic E-state index is 9.24. The Morgan fingerprint density at radius 2 is 2.06 bits per heavy atom. The molecule has 0 heterocycles. The first-order valence-corrected chi connectivity index (χ1v) is 6.23. The molecule has 0 aliphatic heterocycles. The quantitative estimate of drug-likeness (QED) is 0.840. The van der Waals surface area contributed by atoms with E-state index in [1.165, 1.54) is 0 Å². The summed E-state index contributed by atoms with van der Waals surface area (Å²) in [6.45, 7) is 6.12. The van der Waals surface area contributed by atoms with Gasteiger partial charge >= 0.3 is 0 Å². The number of thioether (sulfide) groups is 1. The molecule has 0 atom stereocenters. The molecule has 0 aliphatic rings. The van der Waals surface area contributed by atoms with Gasteiger partial charge in [-0.25, -0.2) is 0 Å². The van der Waals surface area contributed by atoms with Crippen molar-refractivity contribution in [3.05, 3.63) is 22.7 Å². The monoisotopic (exact) mass is 260 g/mol. The van der Waals surface area contributed by atoms with Crippen LogP contribution in [0.15, 0.2) is 17.0 Å². The van der Waals surface area contributed by atoms with E-state index in [4.69, 9.17) is 16.3 Å². The molecular formula is C12H17ClO2S. The number of halogens is 1. The highest BCUT2D eigenvalue weighted by Crippen LogP contribution is 2.38. The summed E-state index contributed by atoms with van der Waals surface area (Å²) in [5, 5.41) is 9.84. The normalized spacial score (nSPS) is 11.6. The molecule has 1 aromatic carbocycles. The van der Waals surface area contributed by atoms with Gasteiger partial charge in [-0.1, -0.05) is 11.6 Å². The molecule has 16 heavy (non-hydrogen) atoms. The molecule has 0 aliphatic carbocycles. The first-order valence-electron chi connectivity index (χ1n) is 5.03. The molecule has 4 heteroatoms. The molecule has 0 spiro atoms. The smallest absolute Gasteiger partial charge is 0.137 e. The average Bonchev–Trinajstić information content (AvgIpc) is 2.22. The number of aliphatic hydroxyl groups excluding tert-OH is 1. The van der Waals surface area contributed by atoms with E-state index in [1.54, 1.807) is 18.9 Å². The summed E-state index contributed by atoms with van der Waals surface area (Å²) in [5.41, 5.74) is 1.10. The van der Waals surface area contributed by atoms with Crippen molar-refractivity contribution in [1.29, 1.82) is 0 Å². The van der Waals surface area contributed by atoms with Crippen molar-refractivity contribution >= 4 is 23.4 Å². The van der Waals surface area contributed by atoms with Crippen molar-refractivity contribution in [3.8, 4) is 5.75 Å². The fourth-order valence-electron chi connectivity index (χ4n) is 1.23. The van der Waals surface area contributed by atoms with Gasteiger partial charge in [0.1, 0.15) is 5.75 Å². The van der Waals surface area contributed by atoms with Crippen molar-refractivity contribution in [2.45, 2.75) is 30.4 Å². The zero-order chi connectivity index (χ0) is 12.3. The van der Waals surface area contributed by atoms with Gasteiger partial charge in [-0.15, -0.1) is 11.8 Å². The van der Waals surface area contributed by atoms with Gasteiger partial charge in [-0.2, -0.15) is 0 Å². The third-order valence-electron chi connectivity index (χ3n) is 2.22. The molecule has 1 rings (SSSR count). The summed E-state index contributed by atoms with van der Waals surface area (Å²) in [7, 11) is 1.60. The summed E-state index contributed by atoms with van der Waals surface area (Å²) in [4.78, 5) is 1.07. The fourth-order valence-corrected chi connectivity index (χ4v) is 2.60. The predicted molar refractivity (Wildman–Crippen MR) is 69.8 cm³/mol. The van der Waals surface area contributed by atoms with E-state index in [-0.39, 0.29) is 11.4 Å². The zero-order valence-corrected chi connectivity index (χ0v) is 11.6. The standard InChI is InChI=1S/C12H17ClO2S/c1-8-5-10(15-4)9(13)6-11(8)16-12(2,3)7-14/h5-6,14H,7H2,1-4H3. The van der Waals surface area contributed by atoms with E-state index in [0.29, 0.717) is 10.8 Å². The van der Waals surface area contributed by atoms with Gasteiger partial charge < -0.3 is 9.84 Å². The Morgan fingerprint density at radius 1 is 1.44 bits per heavy atom. The largest absolute Gasteiger partial charge is 0.495 e. The van der Waals surface area contributed by atoms with Crippen molar-refractivity contribution in [2.24, 2.45) is 0 Å². The van der Waals surface area contributed by atoms with Gasteiger partial charge in [0.05, 0.1) is 18.7 Å². The lowest BCUT2D eigenvalue weighted by Crippen LogP contribution is -2.19. The molecule has 0 aromatic heterocycles. The van der Waals surface area contributed by atoms with Crippen LogP contribution in [0.5, 0.6) is 5.75 Å². The Labute approximate surface area is 106 Å². The first-order chi connectivity index (χ1) is 7.39. The molecule has 0 saturated carbocycles. The number of rotatable bonds is 4. The van der Waals surface area contributed by atoms with E-state index >= 15 is 0 Å². The van der Waals surface area contributed by atoms with Crippen LogP contribution in [0.3, 0.4) is 0 Å². The minimum atomic E-state index is -0.206. The van der Waals surface area contributed by atoms with Gasteiger partial charge in [0, 0.05) is 9.64 Å². The number of methoxy groups -OCH3 is 1. The zero-order valence-electron chi connectivity index (χ0n) is 10.0. The van der Waals surface area contributed by atoms with Gasteiger partial charge in [0.15, 0.2) is 0 Å². The van der Waals surface area contributed by atoms with Gasteiger partial charge in [-0.05, 0) is 38.5 Å². The van der Waals surface area contributed by atoms with Gasteiger partial charge in [-0.3, -0.25) is 0 Å². The van der Waals surface area contributed by atoms with Crippen molar-refractivity contribution in [2.75, 3.05) is 13.7 Å². The number of aryl methyl sites for hydroxylation is 1. The second-order valence-electron chi connectivity index (χ2n) is 4.27. The number of hydrogen-bond donors (Lipinski definition) is 1. The maximum Gasteiger partial charge on any atom is 0.137 e. The molecule has 0 amide bonds. The summed E-state index contributed by atoms with van der Waals surface area (Å²) in [5.74, 6) is 0.685. The molecule has 0 radical (unpaired) electrons. The molecular weight excluding hydrogens is 244 g/mol. The van der Waals surface area contributed by atoms with Crippen LogP contribution in [0.1, 0.15) is 19.4 Å². The highest BCUT2D eigenvalue weighted by Gasteiger charge is 2.20. The molecule has 0 saturated heterocycles. The van der Waals surface area contributed by atoms with Crippen LogP contribution < -0.4 is 4.74 Å². The second-order valence-corrected chi connectivity index (χ2v) is 6.43. The number of benzene rings is 1. The van der Waals surface area contributed by atoms with E-state index in [0.717, 1.165) is 10.5 Å². The number of hydrogen-bond acceptors (Lipinski definition) is 3. The SMILES string of the molecule is COc1cc(C)c(SC(C)(C)CO)cc1Cl. The minimum Gasteiger partial charge on any atom is -0.495 e. The molecule has 90 valence electrons. The third kappa shape index (κ3) is 3.30. The van der Waals surface area contributed by atoms with E-state index < -0.39 is 0 Å². The van der Waals surface area contributed by atoms with E-state index in [9.17, 15) is 5.11 Å². The second kappa shape index (κ2) is 5.30. The van der Waals surface area contributed by atoms with Gasteiger partial charge in [0.25, 0.3) is 0 Å². The minimum absolute atomic E-state index is 0.126. The van der Waals surface area contributed by atoms with Crippen LogP contribution in [0.2, 0.25) is 5.02 Å². The van der Waals surface area contributed by atoms with Crippen LogP contribution in [-0.2, 0) is 0 Å². The van der Waals surface area contributed by atoms with Crippen LogP contribution in [0, 0.1) is 6.92 Å². The number of aliphatic hydroxyl groups is 1. The Kier molecular flexibility index (Phi) is 4.53. The number of ether oxygens (including phenoxy) is 1. The highest BCUT2D eigenvalue weighted by molar-refractivity contribution is 8.00. The molecule has 1 N–H and O–H groups in total. The van der Waals surface area contributed by atoms with Crippen LogP contribution >= 0.6 is 23.4 Å². The lowest BCUT2D eigenvalue weighted by atomic mass is 10.2. The van der Waals surface area contributed by atoms with E-state index in [1.807, 2.05) is 32.9 Å². The Bertz CT molecular complexity index is 378. The molecule has 1 aromatic rings. The van der Waals surface area contributed by atoms with Crippen molar-refractivity contribution in [1.82, 2.24) is 0 Å². The maximum absolute atomic E-state index is 9.24. The van der Waals surface area contributed by atoms with Crippen LogP contribution in [0.25, 0.3) is 0 Å². The van der Waals surface area contributed by atoms with Crippen LogP contribution in [0.4, 0.5) is 0 Å². The molecule has 2 nitrogen and oxygen atoms in total. The van der Waals surface area contributed by atoms with Gasteiger partial charge in [0.2, 0.25) is 0 Å². The highest BCUT2D eigenvalue weighted by atomic mass is 35.5. The summed E-state index contributed by atoms with van der Waals surface area (Å²) >= 11 is 7.69. The molecule has 0 unspecified atom stereocenters. The summed E-state index contributed by atoms with van der Waals surface area (Å²) < 4.78 is 4.94. The summed E-state index contributed by atoms with van der Waals surface area (Å²) in [6, 6.07) is 3.80. The van der Waals surface area contributed by atoms with Crippen molar-refractivity contribution in [3.63, 3.8) is 0 Å². The average molecular weight is 261 g/mol. The topological polar surface area (TPSA) is 29.5 Å². The Balaban J connectivity index is 3.02. The predicted octanol–water partition coefficient (Wildman–Crippen LogP) is 3.52. The van der Waals surface area contributed by atoms with E-state index in [2.05, 4.69) is 0 Å². The fraction of sp³-hybridized carbons (Fsp3) is 0.500. The Hall–Kier alpha value is -0.380. The lowest BCUT2D eigenvalue weighted by molar-refractivity contribution is 0.265.